The highest BCUT2D eigenvalue weighted by molar-refractivity contribution is 5.33. The molecule has 1 heteroatoms. The summed E-state index contributed by atoms with van der Waals surface area (Å²) in [6, 6.07) is 9.13. The summed E-state index contributed by atoms with van der Waals surface area (Å²) < 4.78 is 0. The van der Waals surface area contributed by atoms with Gasteiger partial charge in [-0.2, -0.15) is 0 Å². The van der Waals surface area contributed by atoms with Crippen LogP contribution < -0.4 is 5.32 Å². The molecular formula is C15H21N. The zero-order valence-electron chi connectivity index (χ0n) is 9.91. The van der Waals surface area contributed by atoms with E-state index < -0.39 is 0 Å². The average molecular weight is 215 g/mol. The molecule has 1 aliphatic heterocycles. The molecule has 2 aliphatic rings. The fourth-order valence-electron chi connectivity index (χ4n) is 2.91. The van der Waals surface area contributed by atoms with Crippen LogP contribution in [0.2, 0.25) is 0 Å². The van der Waals surface area contributed by atoms with Crippen LogP contribution in [0, 0.1) is 5.92 Å². The average Bonchev–Trinajstić information content (AvgIpc) is 3.15. The minimum atomic E-state index is 0.901. The van der Waals surface area contributed by atoms with Gasteiger partial charge < -0.3 is 5.32 Å². The SMILES string of the molecule is c1ccc(C2CC2)c(CC2CCNCC2)c1. The molecule has 0 aromatic heterocycles. The normalized spacial score (nSPS) is 22.2. The van der Waals surface area contributed by atoms with Crippen LogP contribution in [0.1, 0.15) is 42.7 Å². The first-order valence-electron chi connectivity index (χ1n) is 6.72. The van der Waals surface area contributed by atoms with E-state index in [4.69, 9.17) is 0 Å². The molecule has 0 unspecified atom stereocenters. The Hall–Kier alpha value is -0.820. The second-order valence-electron chi connectivity index (χ2n) is 5.37. The summed E-state index contributed by atoms with van der Waals surface area (Å²) in [6.45, 7) is 2.44. The molecule has 1 heterocycles. The highest BCUT2D eigenvalue weighted by Gasteiger charge is 2.26. The summed E-state index contributed by atoms with van der Waals surface area (Å²) in [7, 11) is 0. The molecule has 1 N–H and O–H groups in total. The number of benzene rings is 1. The lowest BCUT2D eigenvalue weighted by Crippen LogP contribution is -2.28. The molecule has 1 saturated heterocycles. The summed E-state index contributed by atoms with van der Waals surface area (Å²) in [5, 5.41) is 3.45. The minimum Gasteiger partial charge on any atom is -0.317 e. The van der Waals surface area contributed by atoms with E-state index in [1.54, 1.807) is 11.1 Å². The molecule has 0 amide bonds. The third kappa shape index (κ3) is 2.30. The molecule has 0 spiro atoms. The lowest BCUT2D eigenvalue weighted by atomic mass is 9.88. The summed E-state index contributed by atoms with van der Waals surface area (Å²) in [5.41, 5.74) is 3.29. The Kier molecular flexibility index (Phi) is 2.96. The monoisotopic (exact) mass is 215 g/mol. The standard InChI is InChI=1S/C15H21N/c1-2-4-15(13-5-6-13)14(3-1)11-12-7-9-16-10-8-12/h1-4,12-13,16H,5-11H2. The van der Waals surface area contributed by atoms with Gasteiger partial charge in [0.2, 0.25) is 0 Å². The Morgan fingerprint density at radius 3 is 2.50 bits per heavy atom. The second-order valence-corrected chi connectivity index (χ2v) is 5.37. The molecular weight excluding hydrogens is 194 g/mol. The van der Waals surface area contributed by atoms with Gasteiger partial charge in [-0.3, -0.25) is 0 Å². The van der Waals surface area contributed by atoms with Crippen LogP contribution in [0.15, 0.2) is 24.3 Å². The Labute approximate surface area is 98.3 Å². The number of hydrogen-bond acceptors (Lipinski definition) is 1. The van der Waals surface area contributed by atoms with Crippen molar-refractivity contribution in [2.75, 3.05) is 13.1 Å². The van der Waals surface area contributed by atoms with Crippen LogP contribution in [0.5, 0.6) is 0 Å². The molecule has 2 fully saturated rings. The molecule has 1 nitrogen and oxygen atoms in total. The zero-order chi connectivity index (χ0) is 10.8. The van der Waals surface area contributed by atoms with Gasteiger partial charge in [0.25, 0.3) is 0 Å². The highest BCUT2D eigenvalue weighted by Crippen LogP contribution is 2.42. The zero-order valence-corrected chi connectivity index (χ0v) is 9.91. The van der Waals surface area contributed by atoms with Crippen LogP contribution in [0.3, 0.4) is 0 Å². The van der Waals surface area contributed by atoms with Crippen molar-refractivity contribution in [1.82, 2.24) is 5.32 Å². The van der Waals surface area contributed by atoms with Crippen molar-refractivity contribution in [2.45, 2.75) is 38.0 Å². The van der Waals surface area contributed by atoms with Gasteiger partial charge in [-0.05, 0) is 68.2 Å². The van der Waals surface area contributed by atoms with Crippen molar-refractivity contribution in [2.24, 2.45) is 5.92 Å². The first kappa shape index (κ1) is 10.3. The van der Waals surface area contributed by atoms with Gasteiger partial charge in [0.05, 0.1) is 0 Å². The van der Waals surface area contributed by atoms with Gasteiger partial charge in [0.15, 0.2) is 0 Å². The first-order valence-corrected chi connectivity index (χ1v) is 6.72. The van der Waals surface area contributed by atoms with E-state index in [0.717, 1.165) is 11.8 Å². The van der Waals surface area contributed by atoms with Crippen LogP contribution in [-0.4, -0.2) is 13.1 Å². The number of hydrogen-bond donors (Lipinski definition) is 1. The lowest BCUT2D eigenvalue weighted by Gasteiger charge is -2.23. The molecule has 0 radical (unpaired) electrons. The summed E-state index contributed by atoms with van der Waals surface area (Å²) in [5.74, 6) is 1.82. The van der Waals surface area contributed by atoms with Gasteiger partial charge in [0, 0.05) is 0 Å². The van der Waals surface area contributed by atoms with E-state index in [1.165, 1.54) is 45.2 Å². The van der Waals surface area contributed by atoms with Crippen molar-refractivity contribution in [3.8, 4) is 0 Å². The summed E-state index contributed by atoms with van der Waals surface area (Å²) >= 11 is 0. The van der Waals surface area contributed by atoms with Gasteiger partial charge in [0.1, 0.15) is 0 Å². The fourth-order valence-corrected chi connectivity index (χ4v) is 2.91. The maximum atomic E-state index is 3.45. The third-order valence-corrected chi connectivity index (χ3v) is 4.04. The summed E-state index contributed by atoms with van der Waals surface area (Å²) in [6.07, 6.45) is 6.87. The van der Waals surface area contributed by atoms with Crippen molar-refractivity contribution >= 4 is 0 Å². The van der Waals surface area contributed by atoms with Gasteiger partial charge in [-0.15, -0.1) is 0 Å². The fraction of sp³-hybridized carbons (Fsp3) is 0.600. The Morgan fingerprint density at radius 2 is 1.75 bits per heavy atom. The van der Waals surface area contributed by atoms with Crippen molar-refractivity contribution in [1.29, 1.82) is 0 Å². The minimum absolute atomic E-state index is 0.901. The van der Waals surface area contributed by atoms with E-state index >= 15 is 0 Å². The second kappa shape index (κ2) is 4.58. The Bertz CT molecular complexity index is 348. The van der Waals surface area contributed by atoms with Crippen LogP contribution >= 0.6 is 0 Å². The molecule has 1 aromatic rings. The van der Waals surface area contributed by atoms with Crippen LogP contribution in [0.4, 0.5) is 0 Å². The van der Waals surface area contributed by atoms with E-state index in [2.05, 4.69) is 29.6 Å². The lowest BCUT2D eigenvalue weighted by molar-refractivity contribution is 0.372. The van der Waals surface area contributed by atoms with E-state index in [1.807, 2.05) is 0 Å². The molecule has 0 bridgehead atoms. The first-order chi connectivity index (χ1) is 7.93. The van der Waals surface area contributed by atoms with Crippen LogP contribution in [0.25, 0.3) is 0 Å². The van der Waals surface area contributed by atoms with E-state index in [0.29, 0.717) is 0 Å². The molecule has 1 aliphatic carbocycles. The quantitative estimate of drug-likeness (QED) is 0.817. The molecule has 0 atom stereocenters. The molecule has 86 valence electrons. The van der Waals surface area contributed by atoms with Crippen molar-refractivity contribution < 1.29 is 0 Å². The predicted octanol–water partition coefficient (Wildman–Crippen LogP) is 3.11. The number of nitrogens with one attached hydrogen (secondary N) is 1. The van der Waals surface area contributed by atoms with Gasteiger partial charge >= 0.3 is 0 Å². The smallest absolute Gasteiger partial charge is 0.00462 e. The highest BCUT2D eigenvalue weighted by atomic mass is 14.9. The maximum absolute atomic E-state index is 3.45. The topological polar surface area (TPSA) is 12.0 Å². The molecule has 3 rings (SSSR count). The van der Waals surface area contributed by atoms with E-state index in [-0.39, 0.29) is 0 Å². The van der Waals surface area contributed by atoms with Crippen molar-refractivity contribution in [3.05, 3.63) is 35.4 Å². The predicted molar refractivity (Wildman–Crippen MR) is 67.7 cm³/mol. The van der Waals surface area contributed by atoms with Gasteiger partial charge in [-0.1, -0.05) is 24.3 Å². The van der Waals surface area contributed by atoms with Crippen molar-refractivity contribution in [3.63, 3.8) is 0 Å². The molecule has 16 heavy (non-hydrogen) atoms. The Balaban J connectivity index is 1.72. The largest absolute Gasteiger partial charge is 0.317 e. The van der Waals surface area contributed by atoms with Gasteiger partial charge in [-0.25, -0.2) is 0 Å². The Morgan fingerprint density at radius 1 is 1.00 bits per heavy atom. The number of piperidine rings is 1. The molecule has 1 saturated carbocycles. The summed E-state index contributed by atoms with van der Waals surface area (Å²) in [4.78, 5) is 0. The van der Waals surface area contributed by atoms with E-state index in [9.17, 15) is 0 Å². The third-order valence-electron chi connectivity index (χ3n) is 4.04. The maximum Gasteiger partial charge on any atom is -0.00462 e. The van der Waals surface area contributed by atoms with Crippen LogP contribution in [-0.2, 0) is 6.42 Å². The number of rotatable bonds is 3. The molecule has 1 aromatic carbocycles.